The van der Waals surface area contributed by atoms with Gasteiger partial charge in [0.15, 0.2) is 0 Å². The first-order chi connectivity index (χ1) is 13.8. The summed E-state index contributed by atoms with van der Waals surface area (Å²) in [4.78, 5) is 22.9. The summed E-state index contributed by atoms with van der Waals surface area (Å²) >= 11 is 6.10. The fourth-order valence-corrected chi connectivity index (χ4v) is 4.41. The summed E-state index contributed by atoms with van der Waals surface area (Å²) in [5.74, 6) is 0.271. The molecule has 2 heterocycles. The number of fused-ring (bicyclic) bond motifs is 1. The Labute approximate surface area is 174 Å². The van der Waals surface area contributed by atoms with Gasteiger partial charge in [0, 0.05) is 36.5 Å². The number of anilines is 1. The number of carbonyl (C=O) groups excluding carboxylic acids is 1. The molecule has 7 nitrogen and oxygen atoms in total. The lowest BCUT2D eigenvalue weighted by Crippen LogP contribution is -2.48. The lowest BCUT2D eigenvalue weighted by molar-refractivity contribution is -0.0107. The molecule has 2 N–H and O–H groups in total. The molecular formula is C21H22ClN5O2. The second-order valence-electron chi connectivity index (χ2n) is 8.07. The Bertz CT molecular complexity index is 984. The minimum atomic E-state index is -0.848. The van der Waals surface area contributed by atoms with Crippen molar-refractivity contribution in [2.24, 2.45) is 0 Å². The van der Waals surface area contributed by atoms with E-state index in [0.29, 0.717) is 48.0 Å². The van der Waals surface area contributed by atoms with Crippen molar-refractivity contribution in [1.29, 1.82) is 5.26 Å². The number of nitriles is 1. The van der Waals surface area contributed by atoms with Gasteiger partial charge in [-0.2, -0.15) is 5.26 Å². The largest absolute Gasteiger partial charge is 0.388 e. The van der Waals surface area contributed by atoms with Gasteiger partial charge in [0.2, 0.25) is 5.95 Å². The molecule has 0 saturated carbocycles. The monoisotopic (exact) mass is 411 g/mol. The number of aromatic nitrogens is 2. The first kappa shape index (κ1) is 19.6. The number of nitrogens with zero attached hydrogens (tertiary/aromatic N) is 4. The highest BCUT2D eigenvalue weighted by atomic mass is 35.5. The number of hydrogen-bond donors (Lipinski definition) is 2. The third-order valence-electron chi connectivity index (χ3n) is 5.54. The summed E-state index contributed by atoms with van der Waals surface area (Å²) in [6, 6.07) is 5.86. The predicted molar refractivity (Wildman–Crippen MR) is 109 cm³/mol. The summed E-state index contributed by atoms with van der Waals surface area (Å²) < 4.78 is 0. The average molecular weight is 412 g/mol. The number of likely N-dealkylation sites (tertiary alicyclic amines) is 1. The molecular weight excluding hydrogens is 390 g/mol. The quantitative estimate of drug-likeness (QED) is 0.804. The van der Waals surface area contributed by atoms with Crippen LogP contribution < -0.4 is 5.32 Å². The summed E-state index contributed by atoms with van der Waals surface area (Å²) in [5, 5.41) is 23.4. The molecule has 8 heteroatoms. The second-order valence-corrected chi connectivity index (χ2v) is 8.51. The lowest BCUT2D eigenvalue weighted by atomic mass is 9.95. The van der Waals surface area contributed by atoms with E-state index in [2.05, 4.69) is 21.4 Å². The van der Waals surface area contributed by atoms with Crippen molar-refractivity contribution in [3.8, 4) is 6.07 Å². The van der Waals surface area contributed by atoms with Crippen molar-refractivity contribution in [2.45, 2.75) is 44.2 Å². The SMILES string of the molecule is C[C@@]1(O)CCCN(C(=O)c2cnc(N[C@H]3Cc4cc(Cl)cc(C#N)c4C3)nc2)C1. The Morgan fingerprint density at radius 2 is 2.14 bits per heavy atom. The Morgan fingerprint density at radius 1 is 1.38 bits per heavy atom. The van der Waals surface area contributed by atoms with Gasteiger partial charge in [0.1, 0.15) is 0 Å². The highest BCUT2D eigenvalue weighted by Gasteiger charge is 2.31. The molecule has 2 atom stereocenters. The molecule has 1 aliphatic carbocycles. The van der Waals surface area contributed by atoms with E-state index in [1.807, 2.05) is 6.07 Å². The Kier molecular flexibility index (Phi) is 5.15. The third kappa shape index (κ3) is 4.19. The van der Waals surface area contributed by atoms with Gasteiger partial charge in [-0.3, -0.25) is 4.79 Å². The first-order valence-electron chi connectivity index (χ1n) is 9.66. The zero-order valence-electron chi connectivity index (χ0n) is 16.2. The average Bonchev–Trinajstić information content (AvgIpc) is 3.08. The number of aliphatic hydroxyl groups is 1. The molecule has 1 aromatic heterocycles. The van der Waals surface area contributed by atoms with E-state index in [-0.39, 0.29) is 11.9 Å². The molecule has 0 radical (unpaired) electrons. The Hall–Kier alpha value is -2.69. The highest BCUT2D eigenvalue weighted by Crippen LogP contribution is 2.30. The van der Waals surface area contributed by atoms with E-state index in [4.69, 9.17) is 11.6 Å². The van der Waals surface area contributed by atoms with Crippen LogP contribution in [0.3, 0.4) is 0 Å². The van der Waals surface area contributed by atoms with Crippen LogP contribution >= 0.6 is 11.6 Å². The van der Waals surface area contributed by atoms with Crippen molar-refractivity contribution in [1.82, 2.24) is 14.9 Å². The smallest absolute Gasteiger partial charge is 0.257 e. The topological polar surface area (TPSA) is 102 Å². The van der Waals surface area contributed by atoms with Crippen molar-refractivity contribution in [3.05, 3.63) is 51.8 Å². The molecule has 1 aliphatic heterocycles. The number of rotatable bonds is 3. The minimum absolute atomic E-state index is 0.0642. The normalized spacial score (nSPS) is 23.4. The van der Waals surface area contributed by atoms with Crippen LogP contribution in [0, 0.1) is 11.3 Å². The fourth-order valence-electron chi connectivity index (χ4n) is 4.17. The van der Waals surface area contributed by atoms with E-state index in [0.717, 1.165) is 24.0 Å². The molecule has 1 aromatic carbocycles. The van der Waals surface area contributed by atoms with E-state index >= 15 is 0 Å². The maximum atomic E-state index is 12.7. The molecule has 2 aliphatic rings. The van der Waals surface area contributed by atoms with Crippen LogP contribution in [0.25, 0.3) is 0 Å². The minimum Gasteiger partial charge on any atom is -0.388 e. The number of nitrogens with one attached hydrogen (secondary N) is 1. The molecule has 1 saturated heterocycles. The van der Waals surface area contributed by atoms with Crippen molar-refractivity contribution < 1.29 is 9.90 Å². The van der Waals surface area contributed by atoms with Crippen LogP contribution in [0.4, 0.5) is 5.95 Å². The summed E-state index contributed by atoms with van der Waals surface area (Å²) in [6.45, 7) is 2.69. The highest BCUT2D eigenvalue weighted by molar-refractivity contribution is 6.30. The van der Waals surface area contributed by atoms with Crippen LogP contribution in [-0.2, 0) is 12.8 Å². The van der Waals surface area contributed by atoms with E-state index < -0.39 is 5.60 Å². The van der Waals surface area contributed by atoms with Gasteiger partial charge < -0.3 is 15.3 Å². The first-order valence-corrected chi connectivity index (χ1v) is 10.0. The van der Waals surface area contributed by atoms with Gasteiger partial charge in [-0.15, -0.1) is 0 Å². The molecule has 1 fully saturated rings. The molecule has 2 aromatic rings. The number of carbonyl (C=O) groups is 1. The molecule has 1 amide bonds. The number of β-amino-alcohol motifs (C(OH)–C–C–N with tert-alkyl or cyclic N) is 1. The zero-order valence-corrected chi connectivity index (χ0v) is 16.9. The molecule has 0 spiro atoms. The maximum Gasteiger partial charge on any atom is 0.257 e. The van der Waals surface area contributed by atoms with Gasteiger partial charge in [0.05, 0.1) is 22.8 Å². The van der Waals surface area contributed by atoms with Gasteiger partial charge in [-0.05, 0) is 55.9 Å². The number of amides is 1. The molecule has 29 heavy (non-hydrogen) atoms. The zero-order chi connectivity index (χ0) is 20.6. The van der Waals surface area contributed by atoms with Gasteiger partial charge in [-0.25, -0.2) is 9.97 Å². The van der Waals surface area contributed by atoms with Crippen molar-refractivity contribution in [2.75, 3.05) is 18.4 Å². The van der Waals surface area contributed by atoms with Gasteiger partial charge >= 0.3 is 0 Å². The molecule has 4 rings (SSSR count). The number of benzene rings is 1. The standard InChI is InChI=1S/C21H22ClN5O2/c1-21(29)3-2-4-27(12-21)19(28)15-10-24-20(25-11-15)26-17-7-13-5-16(22)6-14(9-23)18(13)8-17/h5-6,10-11,17,29H,2-4,7-8,12H2,1H3,(H,24,25,26)/t17-,21+/m0/s1. The van der Waals surface area contributed by atoms with E-state index in [1.54, 1.807) is 17.9 Å². The summed E-state index contributed by atoms with van der Waals surface area (Å²) in [7, 11) is 0. The lowest BCUT2D eigenvalue weighted by Gasteiger charge is -2.36. The van der Waals surface area contributed by atoms with E-state index in [9.17, 15) is 15.2 Å². The van der Waals surface area contributed by atoms with Gasteiger partial charge in [-0.1, -0.05) is 11.6 Å². The maximum absolute atomic E-state index is 12.7. The predicted octanol–water partition coefficient (Wildman–Crippen LogP) is 2.57. The van der Waals surface area contributed by atoms with Crippen molar-refractivity contribution in [3.63, 3.8) is 0 Å². The van der Waals surface area contributed by atoms with Gasteiger partial charge in [0.25, 0.3) is 5.91 Å². The van der Waals surface area contributed by atoms with Crippen molar-refractivity contribution >= 4 is 23.5 Å². The molecule has 150 valence electrons. The number of hydrogen-bond acceptors (Lipinski definition) is 6. The Morgan fingerprint density at radius 3 is 2.83 bits per heavy atom. The van der Waals surface area contributed by atoms with E-state index in [1.165, 1.54) is 12.4 Å². The van der Waals surface area contributed by atoms with Crippen LogP contribution in [0.2, 0.25) is 5.02 Å². The van der Waals surface area contributed by atoms with Crippen LogP contribution in [-0.4, -0.2) is 50.6 Å². The number of piperidine rings is 1. The number of halogens is 1. The van der Waals surface area contributed by atoms with Crippen LogP contribution in [0.1, 0.15) is 46.8 Å². The van der Waals surface area contributed by atoms with Crippen LogP contribution in [0.5, 0.6) is 0 Å². The Balaban J connectivity index is 1.42. The third-order valence-corrected chi connectivity index (χ3v) is 5.76. The summed E-state index contributed by atoms with van der Waals surface area (Å²) in [6.07, 6.45) is 5.93. The molecule has 0 bridgehead atoms. The van der Waals surface area contributed by atoms with Crippen LogP contribution in [0.15, 0.2) is 24.5 Å². The summed E-state index contributed by atoms with van der Waals surface area (Å²) in [5.41, 5.74) is 2.24. The molecule has 0 unspecified atom stereocenters. The second kappa shape index (κ2) is 7.62. The fraction of sp³-hybridized carbons (Fsp3) is 0.429.